The van der Waals surface area contributed by atoms with E-state index in [1.807, 2.05) is 54.6 Å². The molecule has 1 saturated carbocycles. The van der Waals surface area contributed by atoms with Gasteiger partial charge in [-0.15, -0.1) is 0 Å². The van der Waals surface area contributed by atoms with E-state index in [4.69, 9.17) is 22.0 Å². The van der Waals surface area contributed by atoms with E-state index in [0.717, 1.165) is 33.5 Å². The Morgan fingerprint density at radius 2 is 1.91 bits per heavy atom. The van der Waals surface area contributed by atoms with Gasteiger partial charge in [0.05, 0.1) is 36.5 Å². The third kappa shape index (κ3) is 3.26. The van der Waals surface area contributed by atoms with Crippen molar-refractivity contribution in [3.8, 4) is 28.3 Å². The quantitative estimate of drug-likeness (QED) is 0.450. The second kappa shape index (κ2) is 7.36. The van der Waals surface area contributed by atoms with E-state index in [1.165, 1.54) is 0 Å². The number of methoxy groups -OCH3 is 1. The molecule has 160 valence electrons. The van der Waals surface area contributed by atoms with Crippen LogP contribution < -0.4 is 10.5 Å². The van der Waals surface area contributed by atoms with Crippen molar-refractivity contribution in [2.75, 3.05) is 12.8 Å². The summed E-state index contributed by atoms with van der Waals surface area (Å²) in [6.07, 6.45) is 1.12. The fourth-order valence-electron chi connectivity index (χ4n) is 4.42. The predicted molar refractivity (Wildman–Crippen MR) is 125 cm³/mol. The molecule has 0 radical (unpaired) electrons. The van der Waals surface area contributed by atoms with E-state index in [-0.39, 0.29) is 6.04 Å². The Hall–Kier alpha value is -3.89. The number of nitrogens with two attached hydrogens (primary N) is 1. The van der Waals surface area contributed by atoms with E-state index in [1.54, 1.807) is 18.7 Å². The standard InChI is InChI=1S/C25H23N5O2/c1-25(31)13-17(14-25)30-24(26)23(27-2)22(29-30)16-9-10-18-20(11-16)28-19(12-21(18)32-3)15-7-5-4-6-8-15/h4-12,17,31H,13-14,26H2,1,3H3. The molecular weight excluding hydrogens is 402 g/mol. The van der Waals surface area contributed by atoms with Gasteiger partial charge in [-0.05, 0) is 37.5 Å². The Bertz CT molecular complexity index is 1360. The molecule has 32 heavy (non-hydrogen) atoms. The Morgan fingerprint density at radius 1 is 1.16 bits per heavy atom. The summed E-state index contributed by atoms with van der Waals surface area (Å²) in [6, 6.07) is 17.6. The summed E-state index contributed by atoms with van der Waals surface area (Å²) >= 11 is 0. The van der Waals surface area contributed by atoms with E-state index in [9.17, 15) is 5.11 Å². The third-order valence-corrected chi connectivity index (χ3v) is 6.06. The zero-order valence-electron chi connectivity index (χ0n) is 17.9. The monoisotopic (exact) mass is 425 g/mol. The Kier molecular flexibility index (Phi) is 4.61. The molecule has 4 aromatic rings. The maximum atomic E-state index is 10.1. The highest BCUT2D eigenvalue weighted by molar-refractivity contribution is 5.93. The van der Waals surface area contributed by atoms with Crippen LogP contribution in [0.2, 0.25) is 0 Å². The van der Waals surface area contributed by atoms with Gasteiger partial charge in [0.2, 0.25) is 0 Å². The molecule has 5 rings (SSSR count). The Labute approximate surface area is 185 Å². The minimum Gasteiger partial charge on any atom is -0.496 e. The highest BCUT2D eigenvalue weighted by atomic mass is 16.5. The van der Waals surface area contributed by atoms with Crippen molar-refractivity contribution in [2.45, 2.75) is 31.4 Å². The van der Waals surface area contributed by atoms with Crippen LogP contribution in [0.25, 0.3) is 38.3 Å². The van der Waals surface area contributed by atoms with Gasteiger partial charge in [-0.25, -0.2) is 9.83 Å². The van der Waals surface area contributed by atoms with E-state index in [0.29, 0.717) is 30.0 Å². The zero-order chi connectivity index (χ0) is 22.5. The van der Waals surface area contributed by atoms with E-state index in [2.05, 4.69) is 9.94 Å². The highest BCUT2D eigenvalue weighted by Crippen LogP contribution is 2.45. The molecule has 1 aliphatic carbocycles. The number of benzene rings is 2. The summed E-state index contributed by atoms with van der Waals surface area (Å²) < 4.78 is 7.30. The van der Waals surface area contributed by atoms with Crippen molar-refractivity contribution in [1.29, 1.82) is 0 Å². The molecule has 0 aliphatic heterocycles. The van der Waals surface area contributed by atoms with Crippen LogP contribution in [-0.2, 0) is 0 Å². The largest absolute Gasteiger partial charge is 0.496 e. The van der Waals surface area contributed by atoms with Crippen LogP contribution in [0, 0.1) is 6.57 Å². The lowest BCUT2D eigenvalue weighted by molar-refractivity contribution is -0.0535. The molecule has 2 aromatic carbocycles. The molecule has 0 bridgehead atoms. The van der Waals surface area contributed by atoms with Gasteiger partial charge in [-0.3, -0.25) is 4.68 Å². The van der Waals surface area contributed by atoms with Gasteiger partial charge >= 0.3 is 0 Å². The second-order valence-electron chi connectivity index (χ2n) is 8.51. The van der Waals surface area contributed by atoms with Crippen molar-refractivity contribution in [3.05, 3.63) is 66.0 Å². The molecule has 1 aliphatic rings. The zero-order valence-corrected chi connectivity index (χ0v) is 17.9. The lowest BCUT2D eigenvalue weighted by atomic mass is 9.77. The summed E-state index contributed by atoms with van der Waals surface area (Å²) in [5.41, 5.74) is 9.72. The van der Waals surface area contributed by atoms with Crippen molar-refractivity contribution < 1.29 is 9.84 Å². The number of nitrogen functional groups attached to an aromatic ring is 1. The summed E-state index contributed by atoms with van der Waals surface area (Å²) in [7, 11) is 1.64. The molecule has 0 spiro atoms. The third-order valence-electron chi connectivity index (χ3n) is 6.06. The average molecular weight is 425 g/mol. The lowest BCUT2D eigenvalue weighted by Crippen LogP contribution is -2.42. The highest BCUT2D eigenvalue weighted by Gasteiger charge is 2.41. The van der Waals surface area contributed by atoms with Crippen molar-refractivity contribution in [2.24, 2.45) is 0 Å². The number of hydrogen-bond acceptors (Lipinski definition) is 5. The Morgan fingerprint density at radius 3 is 2.56 bits per heavy atom. The van der Waals surface area contributed by atoms with Crippen LogP contribution in [-0.4, -0.2) is 32.6 Å². The second-order valence-corrected chi connectivity index (χ2v) is 8.51. The van der Waals surface area contributed by atoms with Gasteiger partial charge < -0.3 is 15.6 Å². The van der Waals surface area contributed by atoms with Gasteiger partial charge in [0.1, 0.15) is 17.3 Å². The van der Waals surface area contributed by atoms with Gasteiger partial charge in [-0.2, -0.15) is 5.10 Å². The average Bonchev–Trinajstić information content (AvgIpc) is 3.12. The summed E-state index contributed by atoms with van der Waals surface area (Å²) in [6.45, 7) is 9.46. The fraction of sp³-hybridized carbons (Fsp3) is 0.240. The van der Waals surface area contributed by atoms with Crippen LogP contribution in [0.15, 0.2) is 54.6 Å². The number of aliphatic hydroxyl groups is 1. The minimum atomic E-state index is -0.710. The number of anilines is 1. The molecule has 7 heteroatoms. The molecule has 0 atom stereocenters. The molecule has 2 heterocycles. The molecule has 2 aromatic heterocycles. The van der Waals surface area contributed by atoms with Gasteiger partial charge in [0.25, 0.3) is 5.69 Å². The molecule has 1 fully saturated rings. The van der Waals surface area contributed by atoms with Crippen LogP contribution in [0.1, 0.15) is 25.8 Å². The summed E-state index contributed by atoms with van der Waals surface area (Å²) in [5, 5.41) is 15.7. The van der Waals surface area contributed by atoms with E-state index < -0.39 is 5.60 Å². The maximum absolute atomic E-state index is 10.1. The molecule has 7 nitrogen and oxygen atoms in total. The predicted octanol–water partition coefficient (Wildman–Crippen LogP) is 4.99. The van der Waals surface area contributed by atoms with Crippen LogP contribution in [0.3, 0.4) is 0 Å². The number of hydrogen-bond donors (Lipinski definition) is 2. The van der Waals surface area contributed by atoms with Crippen LogP contribution >= 0.6 is 0 Å². The first kappa shape index (κ1) is 20.0. The molecule has 3 N–H and O–H groups in total. The smallest absolute Gasteiger partial charge is 0.254 e. The van der Waals surface area contributed by atoms with Gasteiger partial charge in [-0.1, -0.05) is 36.4 Å². The number of nitrogens with zero attached hydrogens (tertiary/aromatic N) is 4. The van der Waals surface area contributed by atoms with Crippen molar-refractivity contribution in [3.63, 3.8) is 0 Å². The number of ether oxygens (including phenoxy) is 1. The Balaban J connectivity index is 1.63. The summed E-state index contributed by atoms with van der Waals surface area (Å²) in [4.78, 5) is 8.51. The first-order valence-corrected chi connectivity index (χ1v) is 10.4. The lowest BCUT2D eigenvalue weighted by Gasteiger charge is -2.41. The number of fused-ring (bicyclic) bond motifs is 1. The topological polar surface area (TPSA) is 90.5 Å². The SMILES string of the molecule is [C-]#[N+]c1c(-c2ccc3c(OC)cc(-c4ccccc4)nc3c2)nn(C2CC(C)(O)C2)c1N. The molecule has 0 amide bonds. The molecule has 0 unspecified atom stereocenters. The summed E-state index contributed by atoms with van der Waals surface area (Å²) in [5.74, 6) is 1.06. The maximum Gasteiger partial charge on any atom is 0.254 e. The first-order chi connectivity index (χ1) is 15.4. The molecule has 0 saturated heterocycles. The van der Waals surface area contributed by atoms with Crippen LogP contribution in [0.4, 0.5) is 11.5 Å². The van der Waals surface area contributed by atoms with Crippen molar-refractivity contribution >= 4 is 22.4 Å². The van der Waals surface area contributed by atoms with Gasteiger partial charge in [0, 0.05) is 17.0 Å². The normalized spacial score (nSPS) is 20.0. The van der Waals surface area contributed by atoms with E-state index >= 15 is 0 Å². The molecular formula is C25H23N5O2. The number of rotatable bonds is 4. The number of aromatic nitrogens is 3. The number of pyridine rings is 1. The fourth-order valence-corrected chi connectivity index (χ4v) is 4.42. The first-order valence-electron chi connectivity index (χ1n) is 10.4. The van der Waals surface area contributed by atoms with Crippen LogP contribution in [0.5, 0.6) is 5.75 Å². The minimum absolute atomic E-state index is 0.0115. The van der Waals surface area contributed by atoms with Crippen molar-refractivity contribution in [1.82, 2.24) is 14.8 Å². The van der Waals surface area contributed by atoms with Gasteiger partial charge in [0.15, 0.2) is 0 Å².